The van der Waals surface area contributed by atoms with Crippen molar-refractivity contribution in [2.75, 3.05) is 13.1 Å². The van der Waals surface area contributed by atoms with Crippen LogP contribution in [0.4, 0.5) is 0 Å². The lowest BCUT2D eigenvalue weighted by Gasteiger charge is -2.15. The van der Waals surface area contributed by atoms with E-state index >= 15 is 0 Å². The van der Waals surface area contributed by atoms with Crippen molar-refractivity contribution >= 4 is 16.0 Å². The Morgan fingerprint density at radius 2 is 2.05 bits per heavy atom. The second-order valence-corrected chi connectivity index (χ2v) is 6.77. The molecule has 0 amide bonds. The van der Waals surface area contributed by atoms with Crippen LogP contribution >= 0.6 is 0 Å². The number of rotatable bonds is 3. The molecule has 2 heterocycles. The lowest BCUT2D eigenvalue weighted by atomic mass is 9.99. The van der Waals surface area contributed by atoms with Crippen molar-refractivity contribution in [1.82, 2.24) is 9.46 Å². The molecule has 0 spiro atoms. The zero-order valence-corrected chi connectivity index (χ0v) is 11.8. The number of sulfonamides is 1. The minimum Gasteiger partial charge on any atom is -0.481 e. The molecule has 1 saturated heterocycles. The van der Waals surface area contributed by atoms with Crippen LogP contribution in [-0.4, -0.2) is 42.0 Å². The molecular weight excluding hydrogens is 272 g/mol. The van der Waals surface area contributed by atoms with Gasteiger partial charge < -0.3 is 9.63 Å². The van der Waals surface area contributed by atoms with Crippen LogP contribution in [0.5, 0.6) is 0 Å². The third-order valence-corrected chi connectivity index (χ3v) is 5.54. The molecule has 1 fully saturated rings. The monoisotopic (exact) mass is 288 g/mol. The highest BCUT2D eigenvalue weighted by atomic mass is 32.2. The molecule has 0 radical (unpaired) electrons. The number of hydrogen-bond acceptors (Lipinski definition) is 5. The van der Waals surface area contributed by atoms with Crippen LogP contribution in [0, 0.1) is 25.7 Å². The maximum absolute atomic E-state index is 12.5. The molecule has 2 rings (SSSR count). The molecule has 1 N–H and O–H groups in total. The number of carboxylic acid groups (broad SMARTS) is 1. The lowest BCUT2D eigenvalue weighted by molar-refractivity contribution is -0.142. The van der Waals surface area contributed by atoms with Crippen molar-refractivity contribution in [2.45, 2.75) is 25.7 Å². The maximum Gasteiger partial charge on any atom is 0.308 e. The first-order valence-corrected chi connectivity index (χ1v) is 7.35. The molecular formula is C11H16N2O5S. The van der Waals surface area contributed by atoms with Gasteiger partial charge in [0.15, 0.2) is 5.76 Å². The quantitative estimate of drug-likeness (QED) is 0.875. The molecule has 19 heavy (non-hydrogen) atoms. The maximum atomic E-state index is 12.5. The molecule has 0 aromatic carbocycles. The minimum atomic E-state index is -3.74. The van der Waals surface area contributed by atoms with Crippen molar-refractivity contribution in [3.8, 4) is 0 Å². The van der Waals surface area contributed by atoms with Gasteiger partial charge in [-0.3, -0.25) is 4.79 Å². The summed E-state index contributed by atoms with van der Waals surface area (Å²) in [7, 11) is -3.74. The fourth-order valence-electron chi connectivity index (χ4n) is 2.41. The van der Waals surface area contributed by atoms with Crippen LogP contribution in [-0.2, 0) is 14.8 Å². The summed E-state index contributed by atoms with van der Waals surface area (Å²) in [6, 6.07) is 0. The summed E-state index contributed by atoms with van der Waals surface area (Å²) in [5.41, 5.74) is 0.295. The largest absolute Gasteiger partial charge is 0.481 e. The second-order valence-electron chi connectivity index (χ2n) is 4.90. The van der Waals surface area contributed by atoms with Gasteiger partial charge in [0.25, 0.3) is 0 Å². The number of aromatic nitrogens is 1. The van der Waals surface area contributed by atoms with Gasteiger partial charge >= 0.3 is 5.97 Å². The van der Waals surface area contributed by atoms with E-state index in [1.54, 1.807) is 13.8 Å². The van der Waals surface area contributed by atoms with Crippen molar-refractivity contribution < 1.29 is 22.8 Å². The summed E-state index contributed by atoms with van der Waals surface area (Å²) in [5.74, 6) is -1.63. The van der Waals surface area contributed by atoms with Crippen molar-refractivity contribution in [1.29, 1.82) is 0 Å². The second kappa shape index (κ2) is 4.61. The number of aliphatic carboxylic acids is 1. The average Bonchev–Trinajstić information content (AvgIpc) is 2.83. The van der Waals surface area contributed by atoms with Crippen LogP contribution in [0.2, 0.25) is 0 Å². The summed E-state index contributed by atoms with van der Waals surface area (Å²) in [6.07, 6.45) is 0. The van der Waals surface area contributed by atoms with Gasteiger partial charge in [-0.15, -0.1) is 0 Å². The van der Waals surface area contributed by atoms with E-state index in [1.165, 1.54) is 11.2 Å². The van der Waals surface area contributed by atoms with Gasteiger partial charge in [0, 0.05) is 13.1 Å². The highest BCUT2D eigenvalue weighted by molar-refractivity contribution is 7.89. The molecule has 0 saturated carbocycles. The Bertz CT molecular complexity index is 587. The zero-order valence-electron chi connectivity index (χ0n) is 11.0. The number of carboxylic acids is 1. The van der Waals surface area contributed by atoms with Crippen molar-refractivity contribution in [2.24, 2.45) is 11.8 Å². The van der Waals surface area contributed by atoms with E-state index in [0.29, 0.717) is 5.69 Å². The van der Waals surface area contributed by atoms with Gasteiger partial charge in [-0.1, -0.05) is 12.1 Å². The molecule has 106 valence electrons. The van der Waals surface area contributed by atoms with Crippen LogP contribution in [0.3, 0.4) is 0 Å². The van der Waals surface area contributed by atoms with E-state index in [0.717, 1.165) is 0 Å². The van der Waals surface area contributed by atoms with Gasteiger partial charge in [-0.05, 0) is 19.8 Å². The molecule has 2 atom stereocenters. The van der Waals surface area contributed by atoms with E-state index in [1.807, 2.05) is 0 Å². The van der Waals surface area contributed by atoms with Gasteiger partial charge in [-0.25, -0.2) is 8.42 Å². The fraction of sp³-hybridized carbons (Fsp3) is 0.636. The van der Waals surface area contributed by atoms with E-state index in [2.05, 4.69) is 5.16 Å². The summed E-state index contributed by atoms with van der Waals surface area (Å²) in [5, 5.41) is 12.7. The third kappa shape index (κ3) is 2.25. The van der Waals surface area contributed by atoms with Crippen molar-refractivity contribution in [3.05, 3.63) is 11.5 Å². The van der Waals surface area contributed by atoms with E-state index in [9.17, 15) is 13.2 Å². The average molecular weight is 288 g/mol. The molecule has 1 aromatic heterocycles. The molecule has 0 aliphatic carbocycles. The standard InChI is InChI=1S/C11H16N2O5S/c1-6-4-13(5-9(6)11(14)15)19(16,17)10-7(2)12-18-8(10)3/h6,9H,4-5H2,1-3H3,(H,14,15)/t6-,9-/m1/s1. The fourth-order valence-corrected chi connectivity index (χ4v) is 4.27. The number of aryl methyl sites for hydroxylation is 2. The van der Waals surface area contributed by atoms with Crippen molar-refractivity contribution in [3.63, 3.8) is 0 Å². The number of carbonyl (C=O) groups is 1. The topological polar surface area (TPSA) is 101 Å². The SMILES string of the molecule is Cc1noc(C)c1S(=O)(=O)N1C[C@@H](C)[C@H](C(=O)O)C1. The van der Waals surface area contributed by atoms with Crippen LogP contribution in [0.1, 0.15) is 18.4 Å². The Kier molecular flexibility index (Phi) is 3.40. The summed E-state index contributed by atoms with van der Waals surface area (Å²) in [4.78, 5) is 11.1. The summed E-state index contributed by atoms with van der Waals surface area (Å²) >= 11 is 0. The van der Waals surface area contributed by atoms with Gasteiger partial charge in [-0.2, -0.15) is 4.31 Å². The molecule has 0 unspecified atom stereocenters. The number of hydrogen-bond donors (Lipinski definition) is 1. The minimum absolute atomic E-state index is 0.0110. The Morgan fingerprint density at radius 3 is 2.47 bits per heavy atom. The van der Waals surface area contributed by atoms with E-state index in [-0.39, 0.29) is 29.7 Å². The van der Waals surface area contributed by atoms with Gasteiger partial charge in [0.2, 0.25) is 10.0 Å². The smallest absolute Gasteiger partial charge is 0.308 e. The van der Waals surface area contributed by atoms with E-state index < -0.39 is 21.9 Å². The molecule has 7 nitrogen and oxygen atoms in total. The van der Waals surface area contributed by atoms with Gasteiger partial charge in [0.05, 0.1) is 5.92 Å². The Hall–Kier alpha value is -1.41. The molecule has 0 bridgehead atoms. The van der Waals surface area contributed by atoms with Gasteiger partial charge in [0.1, 0.15) is 10.6 Å². The third-order valence-electron chi connectivity index (χ3n) is 3.46. The van der Waals surface area contributed by atoms with Crippen LogP contribution < -0.4 is 0 Å². The molecule has 8 heteroatoms. The highest BCUT2D eigenvalue weighted by Gasteiger charge is 2.42. The normalized spacial score (nSPS) is 24.8. The zero-order chi connectivity index (χ0) is 14.4. The lowest BCUT2D eigenvalue weighted by Crippen LogP contribution is -2.30. The first kappa shape index (κ1) is 14.0. The molecule has 1 aliphatic heterocycles. The summed E-state index contributed by atoms with van der Waals surface area (Å²) < 4.78 is 31.0. The summed E-state index contributed by atoms with van der Waals surface area (Å²) in [6.45, 7) is 5.01. The van der Waals surface area contributed by atoms with Crippen LogP contribution in [0.15, 0.2) is 9.42 Å². The Balaban J connectivity index is 2.35. The highest BCUT2D eigenvalue weighted by Crippen LogP contribution is 2.31. The predicted molar refractivity (Wildman–Crippen MR) is 65.0 cm³/mol. The Labute approximate surface area is 111 Å². The molecule has 1 aliphatic rings. The van der Waals surface area contributed by atoms with E-state index in [4.69, 9.17) is 9.63 Å². The van der Waals surface area contributed by atoms with Crippen LogP contribution in [0.25, 0.3) is 0 Å². The number of nitrogens with zero attached hydrogens (tertiary/aromatic N) is 2. The first-order chi connectivity index (χ1) is 8.75. The first-order valence-electron chi connectivity index (χ1n) is 5.91. The molecule has 1 aromatic rings. The Morgan fingerprint density at radius 1 is 1.42 bits per heavy atom. The predicted octanol–water partition coefficient (Wildman–Crippen LogP) is 0.633.